The molecule has 0 atom stereocenters. The van der Waals surface area contributed by atoms with Gasteiger partial charge in [-0.25, -0.2) is 4.79 Å². The van der Waals surface area contributed by atoms with Crippen LogP contribution >= 0.6 is 0 Å². The van der Waals surface area contributed by atoms with E-state index >= 15 is 0 Å². The summed E-state index contributed by atoms with van der Waals surface area (Å²) in [6, 6.07) is 12.4. The van der Waals surface area contributed by atoms with E-state index < -0.39 is 11.9 Å². The van der Waals surface area contributed by atoms with Gasteiger partial charge in [0, 0.05) is 5.69 Å². The molecule has 0 aliphatic heterocycles. The molecule has 0 heterocycles. The van der Waals surface area contributed by atoms with Gasteiger partial charge >= 0.3 is 5.97 Å². The Morgan fingerprint density at radius 2 is 1.75 bits per heavy atom. The zero-order valence-electron chi connectivity index (χ0n) is 14.1. The van der Waals surface area contributed by atoms with Crippen molar-refractivity contribution in [2.45, 2.75) is 20.8 Å². The molecule has 0 saturated carbocycles. The fraction of sp³-hybridized carbons (Fsp3) is 0.263. The van der Waals surface area contributed by atoms with Gasteiger partial charge in [-0.3, -0.25) is 4.79 Å². The molecule has 2 aromatic carbocycles. The summed E-state index contributed by atoms with van der Waals surface area (Å²) in [6.45, 7) is 5.93. The molecule has 5 nitrogen and oxygen atoms in total. The lowest BCUT2D eigenvalue weighted by Crippen LogP contribution is -2.21. The molecular weight excluding hydrogens is 306 g/mol. The molecule has 0 unspecified atom stereocenters. The van der Waals surface area contributed by atoms with Crippen molar-refractivity contribution in [1.29, 1.82) is 0 Å². The second-order valence-corrected chi connectivity index (χ2v) is 5.33. The van der Waals surface area contributed by atoms with Crippen molar-refractivity contribution in [3.8, 4) is 5.75 Å². The van der Waals surface area contributed by atoms with Crippen molar-refractivity contribution >= 4 is 17.6 Å². The van der Waals surface area contributed by atoms with E-state index in [9.17, 15) is 9.59 Å². The van der Waals surface area contributed by atoms with E-state index in [2.05, 4.69) is 5.32 Å². The Hall–Kier alpha value is -2.82. The molecule has 0 spiro atoms. The lowest BCUT2D eigenvalue weighted by atomic mass is 10.0. The molecule has 2 aromatic rings. The Morgan fingerprint density at radius 1 is 1.04 bits per heavy atom. The number of aryl methyl sites for hydroxylation is 1. The number of hydrogen-bond acceptors (Lipinski definition) is 4. The van der Waals surface area contributed by atoms with Crippen LogP contribution in [0, 0.1) is 13.8 Å². The number of anilines is 1. The first kappa shape index (κ1) is 17.5. The zero-order valence-corrected chi connectivity index (χ0v) is 14.1. The molecule has 0 aliphatic carbocycles. The van der Waals surface area contributed by atoms with Gasteiger partial charge in [0.15, 0.2) is 6.61 Å². The number of benzene rings is 2. The first-order valence-electron chi connectivity index (χ1n) is 7.77. The highest BCUT2D eigenvalue weighted by Crippen LogP contribution is 2.16. The van der Waals surface area contributed by atoms with E-state index in [4.69, 9.17) is 9.47 Å². The summed E-state index contributed by atoms with van der Waals surface area (Å²) >= 11 is 0. The van der Waals surface area contributed by atoms with Crippen LogP contribution < -0.4 is 10.1 Å². The van der Waals surface area contributed by atoms with Crippen LogP contribution in [-0.4, -0.2) is 25.1 Å². The molecule has 0 radical (unpaired) electrons. The van der Waals surface area contributed by atoms with Gasteiger partial charge in [0.2, 0.25) is 0 Å². The van der Waals surface area contributed by atoms with Crippen molar-refractivity contribution in [1.82, 2.24) is 0 Å². The fourth-order valence-electron chi connectivity index (χ4n) is 2.18. The number of hydrogen-bond donors (Lipinski definition) is 1. The van der Waals surface area contributed by atoms with E-state index in [0.29, 0.717) is 17.9 Å². The van der Waals surface area contributed by atoms with Crippen LogP contribution in [0.4, 0.5) is 5.69 Å². The predicted octanol–water partition coefficient (Wildman–Crippen LogP) is 3.50. The number of carbonyl (C=O) groups is 2. The molecule has 0 saturated heterocycles. The van der Waals surface area contributed by atoms with Crippen molar-refractivity contribution in [3.05, 3.63) is 59.2 Å². The monoisotopic (exact) mass is 327 g/mol. The van der Waals surface area contributed by atoms with Crippen LogP contribution in [0.15, 0.2) is 42.5 Å². The molecule has 2 rings (SSSR count). The third-order valence-corrected chi connectivity index (χ3v) is 3.61. The van der Waals surface area contributed by atoms with Crippen LogP contribution in [0.2, 0.25) is 0 Å². The van der Waals surface area contributed by atoms with Crippen LogP contribution in [0.3, 0.4) is 0 Å². The van der Waals surface area contributed by atoms with Crippen molar-refractivity contribution in [2.24, 2.45) is 0 Å². The Kier molecular flexibility index (Phi) is 5.95. The first-order chi connectivity index (χ1) is 11.5. The molecule has 0 aromatic heterocycles. The Bertz CT molecular complexity index is 723. The van der Waals surface area contributed by atoms with Crippen molar-refractivity contribution in [2.75, 3.05) is 18.5 Å². The summed E-state index contributed by atoms with van der Waals surface area (Å²) in [5.41, 5.74) is 2.95. The summed E-state index contributed by atoms with van der Waals surface area (Å²) in [4.78, 5) is 24.0. The predicted molar refractivity (Wildman–Crippen MR) is 92.4 cm³/mol. The topological polar surface area (TPSA) is 64.6 Å². The fourth-order valence-corrected chi connectivity index (χ4v) is 2.18. The minimum Gasteiger partial charge on any atom is -0.494 e. The number of nitrogens with one attached hydrogen (secondary N) is 1. The number of esters is 1. The van der Waals surface area contributed by atoms with E-state index in [1.54, 1.807) is 36.4 Å². The number of ether oxygens (including phenoxy) is 2. The highest BCUT2D eigenvalue weighted by atomic mass is 16.5. The molecule has 0 bridgehead atoms. The van der Waals surface area contributed by atoms with E-state index in [1.807, 2.05) is 26.8 Å². The zero-order chi connectivity index (χ0) is 17.5. The van der Waals surface area contributed by atoms with Gasteiger partial charge in [-0.2, -0.15) is 0 Å². The Balaban J connectivity index is 1.88. The van der Waals surface area contributed by atoms with E-state index in [-0.39, 0.29) is 6.61 Å². The molecule has 126 valence electrons. The quantitative estimate of drug-likeness (QED) is 0.825. The van der Waals surface area contributed by atoms with Crippen molar-refractivity contribution < 1.29 is 19.1 Å². The van der Waals surface area contributed by atoms with Crippen LogP contribution in [0.5, 0.6) is 5.75 Å². The Morgan fingerprint density at radius 3 is 2.42 bits per heavy atom. The maximum Gasteiger partial charge on any atom is 0.338 e. The van der Waals surface area contributed by atoms with Crippen LogP contribution in [-0.2, 0) is 9.53 Å². The maximum atomic E-state index is 12.1. The molecule has 1 N–H and O–H groups in total. The SMILES string of the molecule is CCOc1ccc(NC(=O)COC(=O)c2cccc(C)c2C)cc1. The number of amides is 1. The largest absolute Gasteiger partial charge is 0.494 e. The number of carbonyl (C=O) groups excluding carboxylic acids is 2. The third-order valence-electron chi connectivity index (χ3n) is 3.61. The second kappa shape index (κ2) is 8.15. The van der Waals surface area contributed by atoms with Crippen LogP contribution in [0.25, 0.3) is 0 Å². The van der Waals surface area contributed by atoms with Crippen molar-refractivity contribution in [3.63, 3.8) is 0 Å². The van der Waals surface area contributed by atoms with Gasteiger partial charge in [0.25, 0.3) is 5.91 Å². The van der Waals surface area contributed by atoms with Gasteiger partial charge in [-0.1, -0.05) is 12.1 Å². The van der Waals surface area contributed by atoms with Gasteiger partial charge in [-0.15, -0.1) is 0 Å². The standard InChI is InChI=1S/C19H21NO4/c1-4-23-16-10-8-15(9-11-16)20-18(21)12-24-19(22)17-7-5-6-13(2)14(17)3/h5-11H,4,12H2,1-3H3,(H,20,21). The minimum atomic E-state index is -0.502. The lowest BCUT2D eigenvalue weighted by molar-refractivity contribution is -0.119. The number of rotatable bonds is 6. The van der Waals surface area contributed by atoms with E-state index in [0.717, 1.165) is 16.9 Å². The second-order valence-electron chi connectivity index (χ2n) is 5.33. The Labute approximate surface area is 141 Å². The minimum absolute atomic E-state index is 0.334. The summed E-state index contributed by atoms with van der Waals surface area (Å²) in [7, 11) is 0. The summed E-state index contributed by atoms with van der Waals surface area (Å²) in [5.74, 6) is -0.160. The molecule has 0 aliphatic rings. The first-order valence-corrected chi connectivity index (χ1v) is 7.77. The molecule has 5 heteroatoms. The van der Waals surface area contributed by atoms with Gasteiger partial charge in [-0.05, 0) is 62.2 Å². The van der Waals surface area contributed by atoms with E-state index in [1.165, 1.54) is 0 Å². The third kappa shape index (κ3) is 4.59. The molecule has 0 fully saturated rings. The van der Waals surface area contributed by atoms with Crippen LogP contribution in [0.1, 0.15) is 28.4 Å². The smallest absolute Gasteiger partial charge is 0.338 e. The highest BCUT2D eigenvalue weighted by molar-refractivity contribution is 5.96. The van der Waals surface area contributed by atoms with Gasteiger partial charge in [0.1, 0.15) is 5.75 Å². The molecular formula is C19H21NO4. The molecule has 1 amide bonds. The van der Waals surface area contributed by atoms with Gasteiger partial charge in [0.05, 0.1) is 12.2 Å². The summed E-state index contributed by atoms with van der Waals surface area (Å²) in [5, 5.41) is 2.67. The molecule has 24 heavy (non-hydrogen) atoms. The summed E-state index contributed by atoms with van der Waals surface area (Å²) in [6.07, 6.45) is 0. The highest BCUT2D eigenvalue weighted by Gasteiger charge is 2.13. The van der Waals surface area contributed by atoms with Gasteiger partial charge < -0.3 is 14.8 Å². The maximum absolute atomic E-state index is 12.1. The average molecular weight is 327 g/mol. The summed E-state index contributed by atoms with van der Waals surface area (Å²) < 4.78 is 10.4. The normalized spacial score (nSPS) is 10.1. The average Bonchev–Trinajstić information content (AvgIpc) is 2.57. The lowest BCUT2D eigenvalue weighted by Gasteiger charge is -2.10.